The van der Waals surface area contributed by atoms with E-state index in [4.69, 9.17) is 36.6 Å². The molecule has 2 aromatic heterocycles. The second-order valence-corrected chi connectivity index (χ2v) is 9.40. The zero-order valence-corrected chi connectivity index (χ0v) is 22.0. The molecule has 3 heterocycles. The summed E-state index contributed by atoms with van der Waals surface area (Å²) in [6.07, 6.45) is 1.43. The van der Waals surface area contributed by atoms with Gasteiger partial charge in [0.05, 0.1) is 53.6 Å². The highest BCUT2D eigenvalue weighted by atomic mass is 35.5. The fourth-order valence-corrected chi connectivity index (χ4v) is 5.26. The largest absolute Gasteiger partial charge is 0.493 e. The minimum atomic E-state index is -0.285. The molecule has 10 nitrogen and oxygen atoms in total. The number of anilines is 1. The maximum atomic E-state index is 10.0. The number of fused-ring (bicyclic) bond motifs is 1. The zero-order valence-electron chi connectivity index (χ0n) is 21.3. The van der Waals surface area contributed by atoms with Crippen molar-refractivity contribution in [3.05, 3.63) is 39.8 Å². The van der Waals surface area contributed by atoms with Gasteiger partial charge >= 0.3 is 0 Å². The third-order valence-corrected chi connectivity index (χ3v) is 7.06. The van der Waals surface area contributed by atoms with Crippen LogP contribution in [0.1, 0.15) is 48.2 Å². The van der Waals surface area contributed by atoms with Gasteiger partial charge in [0.2, 0.25) is 0 Å². The van der Waals surface area contributed by atoms with E-state index in [9.17, 15) is 5.26 Å². The van der Waals surface area contributed by atoms with Crippen LogP contribution < -0.4 is 10.5 Å². The van der Waals surface area contributed by atoms with E-state index in [1.54, 1.807) is 14.2 Å². The minimum absolute atomic E-state index is 0.0798. The third-order valence-electron chi connectivity index (χ3n) is 6.76. The Labute approximate surface area is 215 Å². The van der Waals surface area contributed by atoms with Gasteiger partial charge in [-0.1, -0.05) is 11.6 Å². The molecule has 36 heavy (non-hydrogen) atoms. The van der Waals surface area contributed by atoms with E-state index in [2.05, 4.69) is 20.9 Å². The molecule has 192 valence electrons. The van der Waals surface area contributed by atoms with Crippen molar-refractivity contribution >= 4 is 28.5 Å². The first kappa shape index (κ1) is 26.1. The van der Waals surface area contributed by atoms with Crippen LogP contribution in [0, 0.1) is 18.3 Å². The van der Waals surface area contributed by atoms with Crippen LogP contribution in [0.15, 0.2) is 12.4 Å². The number of nitrogens with zero attached hydrogens (tertiary/aromatic N) is 6. The first-order valence-corrected chi connectivity index (χ1v) is 12.3. The van der Waals surface area contributed by atoms with Gasteiger partial charge in [-0.2, -0.15) is 10.4 Å². The number of hydrogen-bond acceptors (Lipinski definition) is 9. The smallest absolute Gasteiger partial charge is 0.164 e. The number of nitrogens with two attached hydrogens (primary N) is 1. The van der Waals surface area contributed by atoms with Crippen LogP contribution in [0.2, 0.25) is 5.02 Å². The Morgan fingerprint density at radius 3 is 2.56 bits per heavy atom. The number of hydrogen-bond donors (Lipinski definition) is 1. The average molecular weight is 514 g/mol. The van der Waals surface area contributed by atoms with Crippen LogP contribution >= 0.6 is 11.6 Å². The van der Waals surface area contributed by atoms with Gasteiger partial charge in [0.15, 0.2) is 5.65 Å². The fourth-order valence-electron chi connectivity index (χ4n) is 5.00. The predicted molar refractivity (Wildman–Crippen MR) is 137 cm³/mol. The first-order chi connectivity index (χ1) is 17.4. The van der Waals surface area contributed by atoms with E-state index < -0.39 is 0 Å². The molecule has 1 aliphatic rings. The molecule has 1 fully saturated rings. The summed E-state index contributed by atoms with van der Waals surface area (Å²) in [5.41, 5.74) is 9.60. The van der Waals surface area contributed by atoms with Crippen LogP contribution in [0.25, 0.3) is 11.0 Å². The molecule has 0 radical (unpaired) electrons. The molecule has 1 atom stereocenters. The van der Waals surface area contributed by atoms with Crippen molar-refractivity contribution in [2.45, 2.75) is 38.8 Å². The number of nitriles is 1. The summed E-state index contributed by atoms with van der Waals surface area (Å²) in [5.74, 6) is 1.14. The Hall–Kier alpha value is -2.97. The van der Waals surface area contributed by atoms with Gasteiger partial charge in [-0.15, -0.1) is 0 Å². The quantitative estimate of drug-likeness (QED) is 0.434. The molecular weight excluding hydrogens is 482 g/mol. The molecule has 11 heteroatoms. The van der Waals surface area contributed by atoms with Crippen LogP contribution in [0.4, 0.5) is 5.82 Å². The van der Waals surface area contributed by atoms with Crippen molar-refractivity contribution in [1.82, 2.24) is 24.6 Å². The molecule has 0 amide bonds. The molecule has 2 N–H and O–H groups in total. The number of methoxy groups -OCH3 is 2. The second kappa shape index (κ2) is 11.0. The Bertz CT molecular complexity index is 1280. The van der Waals surface area contributed by atoms with Crippen LogP contribution in [0.5, 0.6) is 5.75 Å². The molecule has 1 saturated heterocycles. The number of halogens is 1. The number of rotatable bonds is 10. The average Bonchev–Trinajstić information content (AvgIpc) is 3.17. The lowest BCUT2D eigenvalue weighted by Crippen LogP contribution is -2.54. The van der Waals surface area contributed by atoms with Crippen molar-refractivity contribution in [3.8, 4) is 11.8 Å². The van der Waals surface area contributed by atoms with E-state index >= 15 is 0 Å². The molecule has 0 spiro atoms. The Balaban J connectivity index is 1.78. The molecule has 4 rings (SSSR count). The van der Waals surface area contributed by atoms with Crippen molar-refractivity contribution in [2.75, 3.05) is 52.9 Å². The normalized spacial score (nSPS) is 15.3. The van der Waals surface area contributed by atoms with Crippen molar-refractivity contribution in [3.63, 3.8) is 0 Å². The van der Waals surface area contributed by atoms with Crippen LogP contribution in [-0.2, 0) is 9.47 Å². The maximum absolute atomic E-state index is 10.0. The van der Waals surface area contributed by atoms with Gasteiger partial charge in [-0.05, 0) is 26.8 Å². The predicted octanol–water partition coefficient (Wildman–Crippen LogP) is 3.31. The Morgan fingerprint density at radius 2 is 1.94 bits per heavy atom. The molecule has 0 bridgehead atoms. The second-order valence-electron chi connectivity index (χ2n) is 8.99. The number of benzene rings is 1. The number of aryl methyl sites for hydroxylation is 1. The maximum Gasteiger partial charge on any atom is 0.164 e. The summed E-state index contributed by atoms with van der Waals surface area (Å²) < 4.78 is 18.8. The summed E-state index contributed by atoms with van der Waals surface area (Å²) in [4.78, 5) is 10.8. The summed E-state index contributed by atoms with van der Waals surface area (Å²) in [6, 6.07) is 3.97. The molecule has 1 unspecified atom stereocenters. The fraction of sp³-hybridized carbons (Fsp3) is 0.520. The monoisotopic (exact) mass is 513 g/mol. The van der Waals surface area contributed by atoms with E-state index in [1.807, 2.05) is 31.5 Å². The van der Waals surface area contributed by atoms with Gasteiger partial charge in [0, 0.05) is 44.4 Å². The van der Waals surface area contributed by atoms with Crippen molar-refractivity contribution in [2.24, 2.45) is 0 Å². The molecule has 1 aromatic carbocycles. The van der Waals surface area contributed by atoms with Gasteiger partial charge in [0.1, 0.15) is 24.0 Å². The van der Waals surface area contributed by atoms with Crippen molar-refractivity contribution < 1.29 is 14.2 Å². The summed E-state index contributed by atoms with van der Waals surface area (Å²) >= 11 is 6.70. The highest BCUT2D eigenvalue weighted by Gasteiger charge is 2.38. The third kappa shape index (κ3) is 4.60. The zero-order chi connectivity index (χ0) is 26.0. The summed E-state index contributed by atoms with van der Waals surface area (Å²) in [5, 5.41) is 15.9. The molecule has 3 aromatic rings. The molecular formula is C25H32ClN7O3. The summed E-state index contributed by atoms with van der Waals surface area (Å²) in [7, 11) is 3.37. The van der Waals surface area contributed by atoms with E-state index in [1.165, 1.54) is 6.33 Å². The molecule has 0 aliphatic carbocycles. The van der Waals surface area contributed by atoms with Gasteiger partial charge in [-0.25, -0.2) is 14.6 Å². The first-order valence-electron chi connectivity index (χ1n) is 11.9. The van der Waals surface area contributed by atoms with Crippen molar-refractivity contribution in [1.29, 1.82) is 5.26 Å². The lowest BCUT2D eigenvalue weighted by molar-refractivity contribution is -0.00394. The van der Waals surface area contributed by atoms with E-state index in [-0.39, 0.29) is 18.0 Å². The lowest BCUT2D eigenvalue weighted by Gasteiger charge is -2.45. The highest BCUT2D eigenvalue weighted by molar-refractivity contribution is 6.32. The Morgan fingerprint density at radius 1 is 1.25 bits per heavy atom. The summed E-state index contributed by atoms with van der Waals surface area (Å²) in [6.45, 7) is 8.89. The SMILES string of the molecule is CCOc1c(C(C)n2nc(C)c3c(N)ncnc32)cc(Cl)c(C#N)c1C1CN(C(COC)COC)C1. The highest BCUT2D eigenvalue weighted by Crippen LogP contribution is 2.44. The van der Waals surface area contributed by atoms with E-state index in [0.29, 0.717) is 47.6 Å². The number of ether oxygens (including phenoxy) is 3. The van der Waals surface area contributed by atoms with Crippen LogP contribution in [-0.4, -0.2) is 77.8 Å². The molecule has 1 aliphatic heterocycles. The topological polar surface area (TPSA) is 124 Å². The number of likely N-dealkylation sites (tertiary alicyclic amines) is 1. The minimum Gasteiger partial charge on any atom is -0.493 e. The van der Waals surface area contributed by atoms with Crippen LogP contribution in [0.3, 0.4) is 0 Å². The Kier molecular flexibility index (Phi) is 7.95. The standard InChI is InChI=1S/C25H32ClN7O3/c1-6-36-23-18(15(3)33-25-21(14(2)31-33)24(28)29-13-30-25)7-20(26)19(8-27)22(23)16-9-32(10-16)17(11-34-4)12-35-5/h7,13,15-17H,6,9-12H2,1-5H3,(H2,28,29,30). The molecule has 0 saturated carbocycles. The van der Waals surface area contributed by atoms with E-state index in [0.717, 1.165) is 35.3 Å². The van der Waals surface area contributed by atoms with Gasteiger partial charge in [0.25, 0.3) is 0 Å². The lowest BCUT2D eigenvalue weighted by atomic mass is 9.84. The van der Waals surface area contributed by atoms with Gasteiger partial charge in [-0.3, -0.25) is 4.90 Å². The van der Waals surface area contributed by atoms with Gasteiger partial charge < -0.3 is 19.9 Å². The number of aromatic nitrogens is 4. The number of nitrogen functional groups attached to an aromatic ring is 1.